The maximum Gasteiger partial charge on any atom is 0.262 e. The zero-order chi connectivity index (χ0) is 39.5. The fourth-order valence-corrected chi connectivity index (χ4v) is 8.79. The molecule has 3 fully saturated rings. The molecule has 2 unspecified atom stereocenters. The van der Waals surface area contributed by atoms with Gasteiger partial charge in [0.25, 0.3) is 11.8 Å². The fraction of sp³-hybridized carbons (Fsp3) is 0.348. The van der Waals surface area contributed by atoms with Crippen molar-refractivity contribution in [1.29, 1.82) is 0 Å². The van der Waals surface area contributed by atoms with Crippen molar-refractivity contribution in [3.05, 3.63) is 125 Å². The molecule has 0 aromatic heterocycles. The molecule has 4 aromatic rings. The van der Waals surface area contributed by atoms with Gasteiger partial charge in [-0.1, -0.05) is 61.5 Å². The number of nitrogens with zero attached hydrogens (tertiary/aromatic N) is 4. The van der Waals surface area contributed by atoms with Crippen molar-refractivity contribution in [2.75, 3.05) is 63.9 Å². The number of piperidine rings is 1. The third-order valence-electron chi connectivity index (χ3n) is 11.8. The predicted molar refractivity (Wildman–Crippen MR) is 219 cm³/mol. The monoisotopic (exact) mass is 767 g/mol. The lowest BCUT2D eigenvalue weighted by atomic mass is 9.88. The van der Waals surface area contributed by atoms with Crippen LogP contribution in [0.15, 0.2) is 97.1 Å². The minimum absolute atomic E-state index is 0.0992. The van der Waals surface area contributed by atoms with E-state index >= 15 is 0 Å². The highest BCUT2D eigenvalue weighted by molar-refractivity contribution is 6.23. The van der Waals surface area contributed by atoms with Gasteiger partial charge < -0.3 is 14.7 Å². The standard InChI is InChI=1S/C46H49N5O6/c1-2-38(32-6-4-3-5-7-32)43(33-8-13-36(52)14-9-33)34-10-15-37(16-11-34)57-27-26-48-21-20-31(29-48)30-49-22-24-50(25-23-49)35-12-17-39-40(28-35)46(56)51(45(39)55)41-18-19-42(53)47-44(41)54/h3-17,28,31,41,52H,2,18-27,29-30H2,1H3,(H,47,53,54)/b43-38-. The summed E-state index contributed by atoms with van der Waals surface area (Å²) in [5, 5.41) is 12.2. The number of phenols is 1. The van der Waals surface area contributed by atoms with Crippen LogP contribution in [0.4, 0.5) is 5.69 Å². The SMILES string of the molecule is CC/C(=C(\c1ccc(O)cc1)c1ccc(OCCN2CCC(CN3CCN(c4ccc5c(c4)C(=O)N(C4CCC(=O)NC4=O)C5=O)CC3)C2)cc1)c1ccccc1. The Bertz CT molecular complexity index is 2160. The van der Waals surface area contributed by atoms with E-state index in [0.29, 0.717) is 23.7 Å². The van der Waals surface area contributed by atoms with Gasteiger partial charge in [-0.3, -0.25) is 39.2 Å². The first kappa shape index (κ1) is 38.1. The molecule has 2 N–H and O–H groups in total. The summed E-state index contributed by atoms with van der Waals surface area (Å²) >= 11 is 0. The van der Waals surface area contributed by atoms with Crippen molar-refractivity contribution < 1.29 is 29.0 Å². The summed E-state index contributed by atoms with van der Waals surface area (Å²) < 4.78 is 6.24. The molecule has 8 rings (SSSR count). The highest BCUT2D eigenvalue weighted by atomic mass is 16.5. The van der Waals surface area contributed by atoms with Crippen LogP contribution in [0.5, 0.6) is 11.5 Å². The molecular formula is C46H49N5O6. The van der Waals surface area contributed by atoms with Crippen LogP contribution in [0.3, 0.4) is 0 Å². The van der Waals surface area contributed by atoms with Crippen LogP contribution >= 0.6 is 0 Å². The predicted octanol–water partition coefficient (Wildman–Crippen LogP) is 5.69. The highest BCUT2D eigenvalue weighted by Crippen LogP contribution is 2.36. The van der Waals surface area contributed by atoms with Gasteiger partial charge in [0.2, 0.25) is 11.8 Å². The van der Waals surface area contributed by atoms with Crippen molar-refractivity contribution >= 4 is 40.5 Å². The Labute approximate surface area is 333 Å². The number of aromatic hydroxyl groups is 1. The van der Waals surface area contributed by atoms with Crippen molar-refractivity contribution in [2.45, 2.75) is 38.6 Å². The molecule has 0 radical (unpaired) electrons. The smallest absolute Gasteiger partial charge is 0.262 e. The van der Waals surface area contributed by atoms with Crippen LogP contribution < -0.4 is 15.0 Å². The number of carbonyl (C=O) groups is 4. The maximum atomic E-state index is 13.3. The number of hydrogen-bond acceptors (Lipinski definition) is 9. The molecule has 0 bridgehead atoms. The number of nitrogens with one attached hydrogen (secondary N) is 1. The number of anilines is 1. The summed E-state index contributed by atoms with van der Waals surface area (Å²) in [6, 6.07) is 30.7. The van der Waals surface area contributed by atoms with E-state index in [9.17, 15) is 24.3 Å². The maximum absolute atomic E-state index is 13.3. The first-order valence-electron chi connectivity index (χ1n) is 20.1. The van der Waals surface area contributed by atoms with Gasteiger partial charge in [-0.05, 0) is 102 Å². The van der Waals surface area contributed by atoms with Crippen molar-refractivity contribution in [3.63, 3.8) is 0 Å². The minimum Gasteiger partial charge on any atom is -0.508 e. The first-order chi connectivity index (χ1) is 27.7. The molecule has 2 atom stereocenters. The van der Waals surface area contributed by atoms with Gasteiger partial charge in [0.1, 0.15) is 24.1 Å². The molecule has 4 aliphatic rings. The lowest BCUT2D eigenvalue weighted by Crippen LogP contribution is -2.54. The number of hydrogen-bond donors (Lipinski definition) is 2. The van der Waals surface area contributed by atoms with Gasteiger partial charge in [0.05, 0.1) is 11.1 Å². The van der Waals surface area contributed by atoms with Crippen LogP contribution in [0, 0.1) is 5.92 Å². The summed E-state index contributed by atoms with van der Waals surface area (Å²) in [4.78, 5) is 58.8. The van der Waals surface area contributed by atoms with Gasteiger partial charge in [0, 0.05) is 57.9 Å². The Morgan fingerprint density at radius 3 is 2.16 bits per heavy atom. The molecule has 11 heteroatoms. The van der Waals surface area contributed by atoms with Crippen LogP contribution in [0.25, 0.3) is 11.1 Å². The van der Waals surface area contributed by atoms with Gasteiger partial charge in [-0.15, -0.1) is 0 Å². The normalized spacial score (nSPS) is 20.8. The van der Waals surface area contributed by atoms with E-state index < -0.39 is 23.8 Å². The van der Waals surface area contributed by atoms with E-state index in [1.807, 2.05) is 24.3 Å². The number of likely N-dealkylation sites (tertiary alicyclic amines) is 1. The molecule has 294 valence electrons. The average molecular weight is 768 g/mol. The number of fused-ring (bicyclic) bond motifs is 1. The number of piperazine rings is 1. The number of amides is 4. The third kappa shape index (κ3) is 8.22. The molecule has 4 amide bonds. The number of ether oxygens (including phenoxy) is 1. The van der Waals surface area contributed by atoms with Gasteiger partial charge in [-0.2, -0.15) is 0 Å². The summed E-state index contributed by atoms with van der Waals surface area (Å²) in [6.45, 7) is 10.3. The van der Waals surface area contributed by atoms with Crippen LogP contribution in [-0.2, 0) is 9.59 Å². The fourth-order valence-electron chi connectivity index (χ4n) is 8.79. The van der Waals surface area contributed by atoms with E-state index in [4.69, 9.17) is 4.74 Å². The van der Waals surface area contributed by atoms with Crippen molar-refractivity contribution in [2.24, 2.45) is 5.92 Å². The Balaban J connectivity index is 0.806. The van der Waals surface area contributed by atoms with Crippen molar-refractivity contribution in [1.82, 2.24) is 20.0 Å². The van der Waals surface area contributed by atoms with Crippen LogP contribution in [0.2, 0.25) is 0 Å². The molecule has 4 aliphatic heterocycles. The number of benzene rings is 4. The molecule has 57 heavy (non-hydrogen) atoms. The van der Waals surface area contributed by atoms with Gasteiger partial charge in [0.15, 0.2) is 0 Å². The van der Waals surface area contributed by atoms with Crippen LogP contribution in [-0.4, -0.2) is 108 Å². The summed E-state index contributed by atoms with van der Waals surface area (Å²) in [7, 11) is 0. The van der Waals surface area contributed by atoms with E-state index in [-0.39, 0.29) is 24.5 Å². The second-order valence-electron chi connectivity index (χ2n) is 15.4. The molecular weight excluding hydrogens is 719 g/mol. The van der Waals surface area contributed by atoms with E-state index in [1.165, 1.54) is 11.1 Å². The molecule has 11 nitrogen and oxygen atoms in total. The lowest BCUT2D eigenvalue weighted by Gasteiger charge is -2.37. The summed E-state index contributed by atoms with van der Waals surface area (Å²) in [5.41, 5.74) is 7.27. The van der Waals surface area contributed by atoms with E-state index in [1.54, 1.807) is 24.3 Å². The van der Waals surface area contributed by atoms with E-state index in [0.717, 1.165) is 98.2 Å². The van der Waals surface area contributed by atoms with E-state index in [2.05, 4.69) is 75.5 Å². The molecule has 4 aromatic carbocycles. The second-order valence-corrected chi connectivity index (χ2v) is 15.4. The molecule has 0 spiro atoms. The van der Waals surface area contributed by atoms with Crippen molar-refractivity contribution in [3.8, 4) is 11.5 Å². The summed E-state index contributed by atoms with van der Waals surface area (Å²) in [6.07, 6.45) is 2.27. The highest BCUT2D eigenvalue weighted by Gasteiger charge is 2.45. The number of carbonyl (C=O) groups excluding carboxylic acids is 4. The summed E-state index contributed by atoms with van der Waals surface area (Å²) in [5.74, 6) is -0.244. The Hall–Kier alpha value is -5.78. The lowest BCUT2D eigenvalue weighted by molar-refractivity contribution is -0.136. The number of imide groups is 2. The minimum atomic E-state index is -0.964. The topological polar surface area (TPSA) is 123 Å². The zero-order valence-electron chi connectivity index (χ0n) is 32.4. The zero-order valence-corrected chi connectivity index (χ0v) is 32.4. The number of allylic oxidation sites excluding steroid dienone is 1. The Morgan fingerprint density at radius 1 is 0.754 bits per heavy atom. The molecule has 0 saturated carbocycles. The van der Waals surface area contributed by atoms with Gasteiger partial charge in [-0.25, -0.2) is 0 Å². The second kappa shape index (κ2) is 16.8. The Morgan fingerprint density at radius 2 is 1.46 bits per heavy atom. The average Bonchev–Trinajstić information content (AvgIpc) is 3.78. The number of phenolic OH excluding ortho intramolecular Hbond substituents is 1. The largest absolute Gasteiger partial charge is 0.508 e. The number of rotatable bonds is 12. The molecule has 0 aliphatic carbocycles. The first-order valence-corrected chi connectivity index (χ1v) is 20.1. The van der Waals surface area contributed by atoms with Gasteiger partial charge >= 0.3 is 0 Å². The molecule has 3 saturated heterocycles. The van der Waals surface area contributed by atoms with Crippen LogP contribution in [0.1, 0.15) is 70.0 Å². The third-order valence-corrected chi connectivity index (χ3v) is 11.8. The molecule has 4 heterocycles. The quantitative estimate of drug-likeness (QED) is 0.139. The Kier molecular flexibility index (Phi) is 11.2.